The smallest absolute Gasteiger partial charge is 0.324 e. The van der Waals surface area contributed by atoms with Gasteiger partial charge in [-0.3, -0.25) is 9.59 Å². The van der Waals surface area contributed by atoms with Gasteiger partial charge in [0.15, 0.2) is 5.92 Å². The molecule has 4 nitrogen and oxygen atoms in total. The number of ether oxygens (including phenoxy) is 2. The summed E-state index contributed by atoms with van der Waals surface area (Å²) in [4.78, 5) is 23.7. The first kappa shape index (κ1) is 14.7. The quantitative estimate of drug-likeness (QED) is 0.619. The first-order chi connectivity index (χ1) is 8.61. The Balaban J connectivity index is 3.08. The van der Waals surface area contributed by atoms with Crippen LogP contribution in [0.25, 0.3) is 0 Å². The van der Waals surface area contributed by atoms with Gasteiger partial charge in [0.05, 0.1) is 13.2 Å². The van der Waals surface area contributed by atoms with Crippen molar-refractivity contribution in [3.8, 4) is 0 Å². The predicted octanol–water partition coefficient (Wildman–Crippen LogP) is 2.66. The maximum Gasteiger partial charge on any atom is 0.324 e. The number of carbonyl (C=O) groups excluding carboxylic acids is 2. The van der Waals surface area contributed by atoms with Gasteiger partial charge in [0.25, 0.3) is 0 Å². The van der Waals surface area contributed by atoms with E-state index in [2.05, 4.69) is 15.9 Å². The molecular formula is C13H15BrO4. The van der Waals surface area contributed by atoms with E-state index in [1.54, 1.807) is 38.1 Å². The SMILES string of the molecule is CCOC(=O)C(C(=O)OCC)c1ccccc1Br. The van der Waals surface area contributed by atoms with Crippen LogP contribution in [-0.4, -0.2) is 25.2 Å². The van der Waals surface area contributed by atoms with Crippen LogP contribution in [0.2, 0.25) is 0 Å². The van der Waals surface area contributed by atoms with E-state index in [4.69, 9.17) is 9.47 Å². The number of rotatable bonds is 5. The first-order valence-electron chi connectivity index (χ1n) is 5.69. The summed E-state index contributed by atoms with van der Waals surface area (Å²) in [7, 11) is 0. The molecule has 1 aromatic carbocycles. The molecule has 0 aliphatic carbocycles. The minimum absolute atomic E-state index is 0.221. The number of carbonyl (C=O) groups is 2. The van der Waals surface area contributed by atoms with Crippen molar-refractivity contribution < 1.29 is 19.1 Å². The predicted molar refractivity (Wildman–Crippen MR) is 70.1 cm³/mol. The lowest BCUT2D eigenvalue weighted by atomic mass is 9.99. The van der Waals surface area contributed by atoms with E-state index in [0.717, 1.165) is 0 Å². The van der Waals surface area contributed by atoms with Gasteiger partial charge in [0.1, 0.15) is 0 Å². The van der Waals surface area contributed by atoms with E-state index >= 15 is 0 Å². The second-order valence-electron chi connectivity index (χ2n) is 3.46. The van der Waals surface area contributed by atoms with Crippen molar-refractivity contribution in [2.45, 2.75) is 19.8 Å². The Bertz CT molecular complexity index is 413. The molecule has 98 valence electrons. The summed E-state index contributed by atoms with van der Waals surface area (Å²) in [6, 6.07) is 7.02. The summed E-state index contributed by atoms with van der Waals surface area (Å²) in [5.74, 6) is -2.23. The lowest BCUT2D eigenvalue weighted by Crippen LogP contribution is -2.26. The van der Waals surface area contributed by atoms with Crippen LogP contribution < -0.4 is 0 Å². The fourth-order valence-corrected chi connectivity index (χ4v) is 2.02. The molecule has 0 heterocycles. The zero-order chi connectivity index (χ0) is 13.5. The molecule has 0 bridgehead atoms. The minimum Gasteiger partial charge on any atom is -0.465 e. The van der Waals surface area contributed by atoms with E-state index < -0.39 is 17.9 Å². The number of benzene rings is 1. The van der Waals surface area contributed by atoms with Gasteiger partial charge in [-0.2, -0.15) is 0 Å². The van der Waals surface area contributed by atoms with Gasteiger partial charge in [-0.05, 0) is 25.5 Å². The van der Waals surface area contributed by atoms with E-state index in [-0.39, 0.29) is 13.2 Å². The molecular weight excluding hydrogens is 300 g/mol. The van der Waals surface area contributed by atoms with Crippen molar-refractivity contribution in [1.29, 1.82) is 0 Å². The zero-order valence-electron chi connectivity index (χ0n) is 10.3. The van der Waals surface area contributed by atoms with Crippen LogP contribution in [0, 0.1) is 0 Å². The molecule has 5 heteroatoms. The van der Waals surface area contributed by atoms with Crippen molar-refractivity contribution in [3.05, 3.63) is 34.3 Å². The maximum absolute atomic E-state index is 11.9. The second kappa shape index (κ2) is 7.16. The van der Waals surface area contributed by atoms with Gasteiger partial charge in [-0.25, -0.2) is 0 Å². The molecule has 0 aliphatic rings. The number of hydrogen-bond donors (Lipinski definition) is 0. The maximum atomic E-state index is 11.9. The normalized spacial score (nSPS) is 10.2. The highest BCUT2D eigenvalue weighted by Gasteiger charge is 2.32. The van der Waals surface area contributed by atoms with Gasteiger partial charge in [0.2, 0.25) is 0 Å². The number of esters is 2. The summed E-state index contributed by atoms with van der Waals surface area (Å²) >= 11 is 3.32. The molecule has 1 aromatic rings. The largest absolute Gasteiger partial charge is 0.465 e. The lowest BCUT2D eigenvalue weighted by molar-refractivity contribution is -0.156. The fraction of sp³-hybridized carbons (Fsp3) is 0.385. The Kier molecular flexibility index (Phi) is 5.85. The topological polar surface area (TPSA) is 52.6 Å². The van der Waals surface area contributed by atoms with Crippen LogP contribution in [0.3, 0.4) is 0 Å². The van der Waals surface area contributed by atoms with E-state index in [9.17, 15) is 9.59 Å². The molecule has 0 saturated carbocycles. The Hall–Kier alpha value is -1.36. The number of halogens is 1. The van der Waals surface area contributed by atoms with Crippen molar-refractivity contribution in [3.63, 3.8) is 0 Å². The molecule has 0 aliphatic heterocycles. The summed E-state index contributed by atoms with van der Waals surface area (Å²) < 4.78 is 10.5. The third-order valence-corrected chi connectivity index (χ3v) is 2.98. The monoisotopic (exact) mass is 314 g/mol. The Labute approximate surface area is 114 Å². The molecule has 18 heavy (non-hydrogen) atoms. The molecule has 0 unspecified atom stereocenters. The van der Waals surface area contributed by atoms with Crippen molar-refractivity contribution in [2.24, 2.45) is 0 Å². The van der Waals surface area contributed by atoms with Crippen molar-refractivity contribution in [1.82, 2.24) is 0 Å². The van der Waals surface area contributed by atoms with Crippen LogP contribution in [-0.2, 0) is 19.1 Å². The van der Waals surface area contributed by atoms with Gasteiger partial charge in [-0.15, -0.1) is 0 Å². The average molecular weight is 315 g/mol. The molecule has 0 N–H and O–H groups in total. The second-order valence-corrected chi connectivity index (χ2v) is 4.31. The Morgan fingerprint density at radius 2 is 1.61 bits per heavy atom. The van der Waals surface area contributed by atoms with E-state index in [1.165, 1.54) is 0 Å². The molecule has 0 spiro atoms. The fourth-order valence-electron chi connectivity index (χ4n) is 1.51. The van der Waals surface area contributed by atoms with Gasteiger partial charge in [-0.1, -0.05) is 34.1 Å². The van der Waals surface area contributed by atoms with Gasteiger partial charge in [0, 0.05) is 4.47 Å². The molecule has 0 fully saturated rings. The highest BCUT2D eigenvalue weighted by Crippen LogP contribution is 2.27. The van der Waals surface area contributed by atoms with Crippen LogP contribution in [0.15, 0.2) is 28.7 Å². The Morgan fingerprint density at radius 1 is 1.11 bits per heavy atom. The number of hydrogen-bond acceptors (Lipinski definition) is 4. The highest BCUT2D eigenvalue weighted by atomic mass is 79.9. The molecule has 0 saturated heterocycles. The summed E-state index contributed by atoms with van der Waals surface area (Å²) in [5.41, 5.74) is 0.550. The van der Waals surface area contributed by atoms with Gasteiger partial charge >= 0.3 is 11.9 Å². The van der Waals surface area contributed by atoms with Gasteiger partial charge < -0.3 is 9.47 Å². The Morgan fingerprint density at radius 3 is 2.06 bits per heavy atom. The lowest BCUT2D eigenvalue weighted by Gasteiger charge is -2.15. The van der Waals surface area contributed by atoms with Crippen LogP contribution >= 0.6 is 15.9 Å². The molecule has 0 amide bonds. The third kappa shape index (κ3) is 3.57. The first-order valence-corrected chi connectivity index (χ1v) is 6.48. The zero-order valence-corrected chi connectivity index (χ0v) is 11.9. The summed E-state index contributed by atoms with van der Waals surface area (Å²) in [6.45, 7) is 3.83. The average Bonchev–Trinajstić information content (AvgIpc) is 2.33. The van der Waals surface area contributed by atoms with E-state index in [0.29, 0.717) is 10.0 Å². The summed E-state index contributed by atoms with van der Waals surface area (Å²) in [5, 5.41) is 0. The molecule has 0 radical (unpaired) electrons. The van der Waals surface area contributed by atoms with Crippen LogP contribution in [0.1, 0.15) is 25.3 Å². The molecule has 0 atom stereocenters. The van der Waals surface area contributed by atoms with Crippen LogP contribution in [0.4, 0.5) is 0 Å². The van der Waals surface area contributed by atoms with Crippen molar-refractivity contribution >= 4 is 27.9 Å². The highest BCUT2D eigenvalue weighted by molar-refractivity contribution is 9.10. The molecule has 1 rings (SSSR count). The van der Waals surface area contributed by atoms with E-state index in [1.807, 2.05) is 0 Å². The van der Waals surface area contributed by atoms with Crippen molar-refractivity contribution in [2.75, 3.05) is 13.2 Å². The standard InChI is InChI=1S/C13H15BrO4/c1-3-17-12(15)11(13(16)18-4-2)9-7-5-6-8-10(9)14/h5-8,11H,3-4H2,1-2H3. The third-order valence-electron chi connectivity index (χ3n) is 2.26. The summed E-state index contributed by atoms with van der Waals surface area (Å²) in [6.07, 6.45) is 0. The minimum atomic E-state index is -1.04. The molecule has 0 aromatic heterocycles. The van der Waals surface area contributed by atoms with Crippen LogP contribution in [0.5, 0.6) is 0 Å².